The van der Waals surface area contributed by atoms with Crippen molar-refractivity contribution < 1.29 is 19.4 Å². The van der Waals surface area contributed by atoms with Gasteiger partial charge in [0, 0.05) is 0 Å². The van der Waals surface area contributed by atoms with Crippen LogP contribution in [0, 0.1) is 0 Å². The quantitative estimate of drug-likeness (QED) is 0.547. The van der Waals surface area contributed by atoms with Gasteiger partial charge in [0.05, 0.1) is 19.9 Å². The summed E-state index contributed by atoms with van der Waals surface area (Å²) < 4.78 is 10.5. The van der Waals surface area contributed by atoms with Crippen LogP contribution in [0.1, 0.15) is 35.7 Å². The molecule has 1 amide bonds. The molecule has 3 N–H and O–H groups in total. The number of carbonyl (C=O) groups excluding carboxylic acids is 1. The van der Waals surface area contributed by atoms with Gasteiger partial charge in [-0.1, -0.05) is 26.0 Å². The van der Waals surface area contributed by atoms with Crippen LogP contribution in [0.4, 0.5) is 5.69 Å². The number of benzene rings is 2. The second kappa shape index (κ2) is 8.53. The zero-order chi connectivity index (χ0) is 19.3. The fourth-order valence-electron chi connectivity index (χ4n) is 2.41. The number of hydrogen-bond acceptors (Lipinski definition) is 5. The van der Waals surface area contributed by atoms with Gasteiger partial charge in [0.15, 0.2) is 5.11 Å². The highest BCUT2D eigenvalue weighted by molar-refractivity contribution is 7.80. The van der Waals surface area contributed by atoms with Crippen molar-refractivity contribution in [1.29, 1.82) is 0 Å². The lowest BCUT2D eigenvalue weighted by Crippen LogP contribution is -2.34. The number of nitrogens with one attached hydrogen (secondary N) is 2. The molecule has 138 valence electrons. The lowest BCUT2D eigenvalue weighted by molar-refractivity contribution is 0.0971. The third-order valence-corrected chi connectivity index (χ3v) is 4.02. The van der Waals surface area contributed by atoms with Gasteiger partial charge in [-0.25, -0.2) is 0 Å². The predicted octanol–water partition coefficient (Wildman–Crippen LogP) is 3.66. The fraction of sp³-hybridized carbons (Fsp3) is 0.263. The minimum Gasteiger partial charge on any atom is -0.506 e. The number of hydrogen-bond donors (Lipinski definition) is 3. The van der Waals surface area contributed by atoms with E-state index in [1.807, 2.05) is 19.9 Å². The van der Waals surface area contributed by atoms with Crippen LogP contribution in [-0.4, -0.2) is 30.3 Å². The van der Waals surface area contributed by atoms with E-state index in [0.29, 0.717) is 17.2 Å². The molecule has 2 rings (SSSR count). The lowest BCUT2D eigenvalue weighted by atomic mass is 10.0. The van der Waals surface area contributed by atoms with E-state index in [-0.39, 0.29) is 22.3 Å². The van der Waals surface area contributed by atoms with Gasteiger partial charge in [0.2, 0.25) is 0 Å². The van der Waals surface area contributed by atoms with Crippen molar-refractivity contribution in [1.82, 2.24) is 5.32 Å². The summed E-state index contributed by atoms with van der Waals surface area (Å²) in [5.41, 5.74) is 1.70. The molecule has 7 heteroatoms. The maximum Gasteiger partial charge on any atom is 0.264 e. The fourth-order valence-corrected chi connectivity index (χ4v) is 2.61. The highest BCUT2D eigenvalue weighted by Gasteiger charge is 2.19. The standard InChI is InChI=1S/C19H22N2O4S/c1-11(2)12-8-9-14(22)13(10-12)20-19(26)21-18(23)17-15(24-3)6-5-7-16(17)25-4/h5-11,22H,1-4H3,(H2,20,21,23,26). The third-order valence-electron chi connectivity index (χ3n) is 3.82. The third kappa shape index (κ3) is 4.43. The molecule has 0 heterocycles. The van der Waals surface area contributed by atoms with Crippen molar-refractivity contribution in [3.05, 3.63) is 47.5 Å². The summed E-state index contributed by atoms with van der Waals surface area (Å²) in [5.74, 6) is 0.595. The molecule has 0 bridgehead atoms. The van der Waals surface area contributed by atoms with Crippen LogP contribution in [0.5, 0.6) is 17.2 Å². The van der Waals surface area contributed by atoms with Crippen LogP contribution in [0.25, 0.3) is 0 Å². The summed E-state index contributed by atoms with van der Waals surface area (Å²) in [6.45, 7) is 4.09. The Balaban J connectivity index is 2.19. The first-order valence-electron chi connectivity index (χ1n) is 8.03. The molecule has 0 saturated heterocycles. The van der Waals surface area contributed by atoms with Gasteiger partial charge >= 0.3 is 0 Å². The number of methoxy groups -OCH3 is 2. The smallest absolute Gasteiger partial charge is 0.264 e. The van der Waals surface area contributed by atoms with E-state index in [1.165, 1.54) is 14.2 Å². The van der Waals surface area contributed by atoms with Crippen LogP contribution in [0.3, 0.4) is 0 Å². The van der Waals surface area contributed by atoms with Crippen molar-refractivity contribution in [2.45, 2.75) is 19.8 Å². The highest BCUT2D eigenvalue weighted by atomic mass is 32.1. The van der Waals surface area contributed by atoms with E-state index >= 15 is 0 Å². The monoisotopic (exact) mass is 374 g/mol. The number of rotatable bonds is 5. The molecule has 0 saturated carbocycles. The van der Waals surface area contributed by atoms with E-state index < -0.39 is 5.91 Å². The first-order valence-corrected chi connectivity index (χ1v) is 8.44. The maximum atomic E-state index is 12.6. The van der Waals surface area contributed by atoms with Crippen molar-refractivity contribution in [3.8, 4) is 17.2 Å². The summed E-state index contributed by atoms with van der Waals surface area (Å²) in [6.07, 6.45) is 0. The molecule has 6 nitrogen and oxygen atoms in total. The average Bonchev–Trinajstić information content (AvgIpc) is 2.62. The lowest BCUT2D eigenvalue weighted by Gasteiger charge is -2.15. The van der Waals surface area contributed by atoms with E-state index in [9.17, 15) is 9.90 Å². The highest BCUT2D eigenvalue weighted by Crippen LogP contribution is 2.29. The van der Waals surface area contributed by atoms with Gasteiger partial charge in [0.1, 0.15) is 22.8 Å². The van der Waals surface area contributed by atoms with Crippen LogP contribution in [0.15, 0.2) is 36.4 Å². The SMILES string of the molecule is COc1cccc(OC)c1C(=O)NC(=S)Nc1cc(C(C)C)ccc1O. The zero-order valence-corrected chi connectivity index (χ0v) is 15.9. The maximum absolute atomic E-state index is 12.6. The van der Waals surface area contributed by atoms with Crippen molar-refractivity contribution in [3.63, 3.8) is 0 Å². The van der Waals surface area contributed by atoms with Gasteiger partial charge in [-0.2, -0.15) is 0 Å². The molecular weight excluding hydrogens is 352 g/mol. The topological polar surface area (TPSA) is 79.8 Å². The van der Waals surface area contributed by atoms with Gasteiger partial charge in [0.25, 0.3) is 5.91 Å². The Kier molecular flexibility index (Phi) is 6.41. The summed E-state index contributed by atoms with van der Waals surface area (Å²) in [4.78, 5) is 12.6. The van der Waals surface area contributed by atoms with Crippen LogP contribution < -0.4 is 20.1 Å². The Labute approximate surface area is 158 Å². The molecule has 0 aliphatic rings. The molecule has 0 atom stereocenters. The summed E-state index contributed by atoms with van der Waals surface area (Å²) in [5, 5.41) is 15.5. The summed E-state index contributed by atoms with van der Waals surface area (Å²) in [6, 6.07) is 10.3. The molecule has 0 aliphatic heterocycles. The van der Waals surface area contributed by atoms with E-state index in [0.717, 1.165) is 5.56 Å². The molecule has 26 heavy (non-hydrogen) atoms. The molecule has 0 aliphatic carbocycles. The van der Waals surface area contributed by atoms with Gasteiger partial charge < -0.3 is 19.9 Å². The minimum atomic E-state index is -0.476. The Morgan fingerprint density at radius 2 is 1.73 bits per heavy atom. The number of phenolic OH excluding ortho intramolecular Hbond substituents is 1. The molecular formula is C19H22N2O4S. The number of thiocarbonyl (C=S) groups is 1. The molecule has 2 aromatic rings. The predicted molar refractivity (Wildman–Crippen MR) is 105 cm³/mol. The first-order chi connectivity index (χ1) is 12.4. The molecule has 0 unspecified atom stereocenters. The molecule has 0 aromatic heterocycles. The summed E-state index contributed by atoms with van der Waals surface area (Å²) in [7, 11) is 2.94. The Morgan fingerprint density at radius 3 is 2.27 bits per heavy atom. The van der Waals surface area contributed by atoms with Crippen LogP contribution >= 0.6 is 12.2 Å². The number of ether oxygens (including phenoxy) is 2. The minimum absolute atomic E-state index is 0.0425. The molecule has 0 radical (unpaired) electrons. The second-order valence-electron chi connectivity index (χ2n) is 5.88. The second-order valence-corrected chi connectivity index (χ2v) is 6.29. The van der Waals surface area contributed by atoms with E-state index in [2.05, 4.69) is 10.6 Å². The number of carbonyl (C=O) groups is 1. The molecule has 2 aromatic carbocycles. The Bertz CT molecular complexity index is 799. The Hall–Kier alpha value is -2.80. The number of amides is 1. The zero-order valence-electron chi connectivity index (χ0n) is 15.1. The molecule has 0 fully saturated rings. The first kappa shape index (κ1) is 19.5. The van der Waals surface area contributed by atoms with Crippen molar-refractivity contribution in [2.75, 3.05) is 19.5 Å². The van der Waals surface area contributed by atoms with Gasteiger partial charge in [-0.05, 0) is 48.0 Å². The van der Waals surface area contributed by atoms with Crippen molar-refractivity contribution in [2.24, 2.45) is 0 Å². The number of anilines is 1. The van der Waals surface area contributed by atoms with Gasteiger partial charge in [-0.3, -0.25) is 10.1 Å². The summed E-state index contributed by atoms with van der Waals surface area (Å²) >= 11 is 5.20. The van der Waals surface area contributed by atoms with E-state index in [4.69, 9.17) is 21.7 Å². The normalized spacial score (nSPS) is 10.3. The van der Waals surface area contributed by atoms with E-state index in [1.54, 1.807) is 30.3 Å². The molecule has 0 spiro atoms. The van der Waals surface area contributed by atoms with Crippen molar-refractivity contribution >= 4 is 28.9 Å². The van der Waals surface area contributed by atoms with Crippen LogP contribution in [-0.2, 0) is 0 Å². The largest absolute Gasteiger partial charge is 0.506 e. The number of phenols is 1. The van der Waals surface area contributed by atoms with Gasteiger partial charge in [-0.15, -0.1) is 0 Å². The van der Waals surface area contributed by atoms with Crippen LogP contribution in [0.2, 0.25) is 0 Å². The number of aromatic hydroxyl groups is 1. The average molecular weight is 374 g/mol. The Morgan fingerprint density at radius 1 is 1.12 bits per heavy atom.